The third-order valence-corrected chi connectivity index (χ3v) is 3.21. The van der Waals surface area contributed by atoms with Crippen LogP contribution < -0.4 is 0 Å². The van der Waals surface area contributed by atoms with Crippen LogP contribution in [0.2, 0.25) is 0 Å². The molecule has 0 bridgehead atoms. The molecule has 3 heteroatoms. The van der Waals surface area contributed by atoms with Gasteiger partial charge in [0.25, 0.3) is 0 Å². The van der Waals surface area contributed by atoms with Crippen molar-refractivity contribution in [3.8, 4) is 0 Å². The zero-order valence-electron chi connectivity index (χ0n) is 12.2. The molecule has 0 aromatic heterocycles. The highest BCUT2D eigenvalue weighted by molar-refractivity contribution is 4.70. The highest BCUT2D eigenvalue weighted by Gasteiger charge is 2.12. The minimum absolute atomic E-state index is 0.686. The number of likely N-dealkylation sites (N-methyl/N-ethyl adjacent to an activating group) is 2. The Labute approximate surface area is 102 Å². The number of hydrogen-bond donors (Lipinski definition) is 0. The molecule has 0 N–H and O–H groups in total. The maximum Gasteiger partial charge on any atom is 0.0217 e. The largest absolute Gasteiger partial charge is 0.308 e. The lowest BCUT2D eigenvalue weighted by atomic mass is 10.1. The van der Waals surface area contributed by atoms with Crippen LogP contribution in [0.25, 0.3) is 0 Å². The fraction of sp³-hybridized carbons (Fsp3) is 1.00. The molecular formula is C13H31N3. The summed E-state index contributed by atoms with van der Waals surface area (Å²) in [6, 6.07) is 0.686. The fourth-order valence-corrected chi connectivity index (χ4v) is 2.02. The smallest absolute Gasteiger partial charge is 0.0217 e. The molecule has 1 unspecified atom stereocenters. The number of rotatable bonds is 9. The van der Waals surface area contributed by atoms with Crippen molar-refractivity contribution in [2.24, 2.45) is 0 Å². The molecule has 0 aliphatic heterocycles. The van der Waals surface area contributed by atoms with Gasteiger partial charge in [-0.2, -0.15) is 0 Å². The van der Waals surface area contributed by atoms with E-state index in [1.165, 1.54) is 32.5 Å². The van der Waals surface area contributed by atoms with Crippen molar-refractivity contribution in [1.82, 2.24) is 14.7 Å². The molecule has 0 rings (SSSR count). The molecule has 0 aliphatic carbocycles. The molecule has 1 atom stereocenters. The van der Waals surface area contributed by atoms with Crippen molar-refractivity contribution in [2.75, 3.05) is 54.4 Å². The molecule has 0 saturated carbocycles. The van der Waals surface area contributed by atoms with Crippen LogP contribution in [0.15, 0.2) is 0 Å². The highest BCUT2D eigenvalue weighted by Crippen LogP contribution is 2.05. The first-order valence-electron chi connectivity index (χ1n) is 6.54. The Balaban J connectivity index is 3.84. The topological polar surface area (TPSA) is 9.72 Å². The highest BCUT2D eigenvalue weighted by atomic mass is 15.2. The van der Waals surface area contributed by atoms with E-state index in [1.807, 2.05) is 0 Å². The van der Waals surface area contributed by atoms with Crippen molar-refractivity contribution in [1.29, 1.82) is 0 Å². The predicted octanol–water partition coefficient (Wildman–Crippen LogP) is 1.60. The van der Waals surface area contributed by atoms with E-state index in [4.69, 9.17) is 0 Å². The van der Waals surface area contributed by atoms with Gasteiger partial charge in [-0.15, -0.1) is 0 Å². The fourth-order valence-electron chi connectivity index (χ4n) is 2.02. The van der Waals surface area contributed by atoms with Gasteiger partial charge in [0.15, 0.2) is 0 Å². The molecule has 0 amide bonds. The SMILES string of the molecule is CCN(CC)CCCC(CN(C)C)N(C)C. The summed E-state index contributed by atoms with van der Waals surface area (Å²) in [4.78, 5) is 7.13. The Morgan fingerprint density at radius 1 is 0.938 bits per heavy atom. The second-order valence-electron chi connectivity index (χ2n) is 5.05. The maximum absolute atomic E-state index is 2.50. The Morgan fingerprint density at radius 3 is 1.88 bits per heavy atom. The van der Waals surface area contributed by atoms with Gasteiger partial charge in [0.05, 0.1) is 0 Å². The van der Waals surface area contributed by atoms with Crippen molar-refractivity contribution >= 4 is 0 Å². The van der Waals surface area contributed by atoms with E-state index in [9.17, 15) is 0 Å². The average Bonchev–Trinajstić information content (AvgIpc) is 2.22. The first-order valence-corrected chi connectivity index (χ1v) is 6.54. The van der Waals surface area contributed by atoms with E-state index in [2.05, 4.69) is 56.7 Å². The summed E-state index contributed by atoms with van der Waals surface area (Å²) < 4.78 is 0. The van der Waals surface area contributed by atoms with E-state index in [0.29, 0.717) is 6.04 Å². The maximum atomic E-state index is 2.50. The summed E-state index contributed by atoms with van der Waals surface area (Å²) in [7, 11) is 8.68. The minimum Gasteiger partial charge on any atom is -0.308 e. The lowest BCUT2D eigenvalue weighted by molar-refractivity contribution is 0.203. The van der Waals surface area contributed by atoms with Crippen LogP contribution in [0, 0.1) is 0 Å². The quantitative estimate of drug-likeness (QED) is 0.595. The lowest BCUT2D eigenvalue weighted by Gasteiger charge is -2.28. The lowest BCUT2D eigenvalue weighted by Crippen LogP contribution is -2.38. The first kappa shape index (κ1) is 15.9. The summed E-state index contributed by atoms with van der Waals surface area (Å²) in [5.41, 5.74) is 0. The molecular weight excluding hydrogens is 198 g/mol. The molecule has 0 radical (unpaired) electrons. The Bertz CT molecular complexity index is 153. The first-order chi connectivity index (χ1) is 7.51. The molecule has 98 valence electrons. The third kappa shape index (κ3) is 7.20. The zero-order chi connectivity index (χ0) is 12.6. The van der Waals surface area contributed by atoms with Crippen molar-refractivity contribution in [3.05, 3.63) is 0 Å². The molecule has 0 spiro atoms. The Kier molecular flexibility index (Phi) is 8.90. The van der Waals surface area contributed by atoms with Gasteiger partial charge in [-0.05, 0) is 60.7 Å². The Hall–Kier alpha value is -0.120. The molecule has 0 aromatic rings. The van der Waals surface area contributed by atoms with Crippen molar-refractivity contribution < 1.29 is 0 Å². The normalized spacial score (nSPS) is 14.1. The predicted molar refractivity (Wildman–Crippen MR) is 73.1 cm³/mol. The van der Waals surface area contributed by atoms with E-state index >= 15 is 0 Å². The summed E-state index contributed by atoms with van der Waals surface area (Å²) in [5.74, 6) is 0. The Morgan fingerprint density at radius 2 is 1.50 bits per heavy atom. The molecule has 16 heavy (non-hydrogen) atoms. The van der Waals surface area contributed by atoms with Crippen LogP contribution in [-0.2, 0) is 0 Å². The molecule has 0 saturated heterocycles. The van der Waals surface area contributed by atoms with Crippen LogP contribution in [0.1, 0.15) is 26.7 Å². The third-order valence-electron chi connectivity index (χ3n) is 3.21. The molecule has 0 fully saturated rings. The van der Waals surface area contributed by atoms with Crippen molar-refractivity contribution in [2.45, 2.75) is 32.7 Å². The molecule has 0 aromatic carbocycles. The van der Waals surface area contributed by atoms with E-state index < -0.39 is 0 Å². The van der Waals surface area contributed by atoms with Crippen LogP contribution >= 0.6 is 0 Å². The summed E-state index contributed by atoms with van der Waals surface area (Å²) in [6.45, 7) is 9.24. The summed E-state index contributed by atoms with van der Waals surface area (Å²) in [5, 5.41) is 0. The zero-order valence-corrected chi connectivity index (χ0v) is 12.2. The van der Waals surface area contributed by atoms with Gasteiger partial charge in [0.1, 0.15) is 0 Å². The molecule has 0 heterocycles. The van der Waals surface area contributed by atoms with Gasteiger partial charge in [0.2, 0.25) is 0 Å². The van der Waals surface area contributed by atoms with Gasteiger partial charge in [0, 0.05) is 12.6 Å². The van der Waals surface area contributed by atoms with Crippen molar-refractivity contribution in [3.63, 3.8) is 0 Å². The average molecular weight is 229 g/mol. The van der Waals surface area contributed by atoms with Crippen LogP contribution in [0.5, 0.6) is 0 Å². The number of hydrogen-bond acceptors (Lipinski definition) is 3. The molecule has 3 nitrogen and oxygen atoms in total. The number of nitrogens with zero attached hydrogens (tertiary/aromatic N) is 3. The van der Waals surface area contributed by atoms with Gasteiger partial charge in [-0.25, -0.2) is 0 Å². The van der Waals surface area contributed by atoms with Crippen LogP contribution in [0.4, 0.5) is 0 Å². The van der Waals surface area contributed by atoms with E-state index in [1.54, 1.807) is 0 Å². The van der Waals surface area contributed by atoms with Gasteiger partial charge in [-0.1, -0.05) is 13.8 Å². The second-order valence-corrected chi connectivity index (χ2v) is 5.05. The van der Waals surface area contributed by atoms with E-state index in [-0.39, 0.29) is 0 Å². The minimum atomic E-state index is 0.686. The van der Waals surface area contributed by atoms with E-state index in [0.717, 1.165) is 6.54 Å². The van der Waals surface area contributed by atoms with Gasteiger partial charge >= 0.3 is 0 Å². The molecule has 0 aliphatic rings. The van der Waals surface area contributed by atoms with Crippen LogP contribution in [0.3, 0.4) is 0 Å². The summed E-state index contributed by atoms with van der Waals surface area (Å²) >= 11 is 0. The van der Waals surface area contributed by atoms with Gasteiger partial charge < -0.3 is 14.7 Å². The monoisotopic (exact) mass is 229 g/mol. The summed E-state index contributed by atoms with van der Waals surface area (Å²) in [6.07, 6.45) is 2.60. The standard InChI is InChI=1S/C13H31N3/c1-7-16(8-2)11-9-10-13(15(5)6)12-14(3)4/h13H,7-12H2,1-6H3. The second kappa shape index (κ2) is 8.97. The van der Waals surface area contributed by atoms with Crippen LogP contribution in [-0.4, -0.2) is 75.1 Å². The van der Waals surface area contributed by atoms with Gasteiger partial charge in [-0.3, -0.25) is 0 Å².